The number of hydrogen-bond donors (Lipinski definition) is 1. The third-order valence-electron chi connectivity index (χ3n) is 6.31. The molecule has 1 N–H and O–H groups in total. The van der Waals surface area contributed by atoms with Crippen LogP contribution in [0.15, 0.2) is 36.9 Å². The van der Waals surface area contributed by atoms with Gasteiger partial charge in [0, 0.05) is 49.6 Å². The van der Waals surface area contributed by atoms with Crippen molar-refractivity contribution in [1.82, 2.24) is 24.1 Å². The van der Waals surface area contributed by atoms with E-state index in [-0.39, 0.29) is 46.6 Å². The number of hydrogen-bond acceptors (Lipinski definition) is 5. The predicted molar refractivity (Wildman–Crippen MR) is 110 cm³/mol. The van der Waals surface area contributed by atoms with Crippen molar-refractivity contribution in [3.8, 4) is 5.75 Å². The molecule has 4 heterocycles. The number of carbonyl (C=O) groups is 2. The second-order valence-electron chi connectivity index (χ2n) is 8.92. The van der Waals surface area contributed by atoms with Gasteiger partial charge in [-0.05, 0) is 24.8 Å². The van der Waals surface area contributed by atoms with E-state index in [2.05, 4.69) is 20.1 Å². The lowest BCUT2D eigenvalue weighted by Crippen LogP contribution is -2.63. The maximum absolute atomic E-state index is 13.2. The van der Waals surface area contributed by atoms with Crippen LogP contribution >= 0.6 is 0 Å². The predicted octanol–water partition coefficient (Wildman–Crippen LogP) is 3.71. The molecule has 1 saturated carbocycles. The van der Waals surface area contributed by atoms with Crippen LogP contribution in [0.2, 0.25) is 0 Å². The van der Waals surface area contributed by atoms with Crippen LogP contribution in [-0.4, -0.2) is 55.3 Å². The Morgan fingerprint density at radius 1 is 1.23 bits per heavy atom. The Bertz CT molecular complexity index is 1270. The maximum Gasteiger partial charge on any atom is 0.573 e. The molecule has 0 aromatic carbocycles. The molecule has 2 fully saturated rings. The smallest absolute Gasteiger partial charge is 0.406 e. The van der Waals surface area contributed by atoms with Gasteiger partial charge >= 0.3 is 12.9 Å². The van der Waals surface area contributed by atoms with Crippen LogP contribution < -0.4 is 10.1 Å². The molecule has 14 heteroatoms. The van der Waals surface area contributed by atoms with Gasteiger partial charge in [0.1, 0.15) is 17.1 Å². The van der Waals surface area contributed by atoms with E-state index in [1.807, 2.05) is 0 Å². The summed E-state index contributed by atoms with van der Waals surface area (Å²) in [6.07, 6.45) is 1.61. The largest absolute Gasteiger partial charge is 0.573 e. The summed E-state index contributed by atoms with van der Waals surface area (Å²) in [7, 11) is 0. The number of rotatable bonds is 6. The van der Waals surface area contributed by atoms with Gasteiger partial charge in [-0.1, -0.05) is 0 Å². The Hall–Kier alpha value is -3.71. The van der Waals surface area contributed by atoms with Gasteiger partial charge < -0.3 is 15.0 Å². The van der Waals surface area contributed by atoms with Crippen LogP contribution in [0.4, 0.5) is 27.8 Å². The summed E-state index contributed by atoms with van der Waals surface area (Å²) in [4.78, 5) is 30.5. The average molecular weight is 498 g/mol. The van der Waals surface area contributed by atoms with Crippen LogP contribution in [0.25, 0.3) is 5.65 Å². The van der Waals surface area contributed by atoms with Gasteiger partial charge in [-0.2, -0.15) is 13.9 Å². The number of likely N-dealkylation sites (tertiary alicyclic amines) is 1. The molecule has 9 nitrogen and oxygen atoms in total. The zero-order chi connectivity index (χ0) is 25.0. The van der Waals surface area contributed by atoms with E-state index < -0.39 is 18.7 Å². The van der Waals surface area contributed by atoms with Crippen LogP contribution in [0.3, 0.4) is 0 Å². The SMILES string of the molecule is O=C(CC1CC2(C1)CN(C(=O)c1cnn3ccn(C(F)F)c13)C2)Nc1cc(OC(F)(F)F)ccn1. The first-order chi connectivity index (χ1) is 16.5. The Morgan fingerprint density at radius 3 is 2.66 bits per heavy atom. The minimum absolute atomic E-state index is 0.0346. The third-order valence-corrected chi connectivity index (χ3v) is 6.31. The quantitative estimate of drug-likeness (QED) is 0.523. The van der Waals surface area contributed by atoms with Crippen LogP contribution in [0, 0.1) is 11.3 Å². The number of amides is 2. The summed E-state index contributed by atoms with van der Waals surface area (Å²) in [6, 6.07) is 2.02. The first-order valence-electron chi connectivity index (χ1n) is 10.7. The van der Waals surface area contributed by atoms with Crippen LogP contribution in [0.5, 0.6) is 5.75 Å². The molecular weight excluding hydrogens is 479 g/mol. The molecule has 0 bridgehead atoms. The molecule has 1 aliphatic heterocycles. The van der Waals surface area contributed by atoms with Gasteiger partial charge in [-0.15, -0.1) is 13.2 Å². The second-order valence-corrected chi connectivity index (χ2v) is 8.92. The van der Waals surface area contributed by atoms with Gasteiger partial charge in [-0.3, -0.25) is 14.2 Å². The normalized spacial score (nSPS) is 17.5. The van der Waals surface area contributed by atoms with Crippen molar-refractivity contribution in [3.63, 3.8) is 0 Å². The van der Waals surface area contributed by atoms with Crippen LogP contribution in [-0.2, 0) is 4.79 Å². The minimum Gasteiger partial charge on any atom is -0.406 e. The van der Waals surface area contributed by atoms with E-state index in [9.17, 15) is 31.5 Å². The Morgan fingerprint density at radius 2 is 1.97 bits per heavy atom. The number of anilines is 1. The summed E-state index contributed by atoms with van der Waals surface area (Å²) in [5.41, 5.74) is 0.0214. The van der Waals surface area contributed by atoms with Crippen molar-refractivity contribution in [1.29, 1.82) is 0 Å². The Kier molecular flexibility index (Phi) is 5.40. The Balaban J connectivity index is 1.12. The molecule has 1 aliphatic carbocycles. The van der Waals surface area contributed by atoms with E-state index in [0.717, 1.165) is 24.5 Å². The molecule has 186 valence electrons. The van der Waals surface area contributed by atoms with Gasteiger partial charge in [0.25, 0.3) is 5.91 Å². The lowest BCUT2D eigenvalue weighted by atomic mass is 9.57. The minimum atomic E-state index is -4.85. The number of halogens is 5. The van der Waals surface area contributed by atoms with Crippen molar-refractivity contribution in [3.05, 3.63) is 42.5 Å². The molecule has 0 unspecified atom stereocenters. The number of ether oxygens (including phenoxy) is 1. The summed E-state index contributed by atoms with van der Waals surface area (Å²) in [6.45, 7) is -1.89. The van der Waals surface area contributed by atoms with Crippen LogP contribution in [0.1, 0.15) is 36.2 Å². The molecule has 2 amide bonds. The van der Waals surface area contributed by atoms with Gasteiger partial charge in [0.2, 0.25) is 5.91 Å². The fourth-order valence-electron chi connectivity index (χ4n) is 5.01. The fourth-order valence-corrected chi connectivity index (χ4v) is 5.01. The lowest BCUT2D eigenvalue weighted by molar-refractivity contribution is -0.274. The summed E-state index contributed by atoms with van der Waals surface area (Å²) in [5, 5.41) is 6.43. The zero-order valence-corrected chi connectivity index (χ0v) is 18.0. The molecule has 1 spiro atoms. The van der Waals surface area contributed by atoms with E-state index >= 15 is 0 Å². The highest BCUT2D eigenvalue weighted by Crippen LogP contribution is 2.53. The number of fused-ring (bicyclic) bond motifs is 1. The van der Waals surface area contributed by atoms with Gasteiger partial charge in [0.05, 0.1) is 6.20 Å². The first-order valence-corrected chi connectivity index (χ1v) is 10.7. The van der Waals surface area contributed by atoms with E-state index in [1.54, 1.807) is 4.90 Å². The maximum atomic E-state index is 13.2. The molecule has 5 rings (SSSR count). The standard InChI is InChI=1S/C21H19F5N6O3/c22-19(23)31-3-4-32-17(31)14(9-28-32)18(34)30-10-20(11-30)7-12(8-20)5-16(33)29-15-6-13(1-2-27-15)35-21(24,25)26/h1-4,6,9,12,19H,5,7-8,10-11H2,(H,27,29,33). The monoisotopic (exact) mass is 498 g/mol. The molecule has 1 saturated heterocycles. The topological polar surface area (TPSA) is 93.8 Å². The molecule has 0 atom stereocenters. The van der Waals surface area contributed by atoms with Gasteiger partial charge in [-0.25, -0.2) is 9.50 Å². The molecular formula is C21H19F5N6O3. The van der Waals surface area contributed by atoms with Crippen molar-refractivity contribution in [2.75, 3.05) is 18.4 Å². The summed E-state index contributed by atoms with van der Waals surface area (Å²) in [5.74, 6) is -1.24. The lowest BCUT2D eigenvalue weighted by Gasteiger charge is -2.59. The molecule has 3 aromatic rings. The number of imidazole rings is 1. The summed E-state index contributed by atoms with van der Waals surface area (Å²) >= 11 is 0. The highest BCUT2D eigenvalue weighted by atomic mass is 19.4. The fraction of sp³-hybridized carbons (Fsp3) is 0.429. The number of nitrogens with one attached hydrogen (secondary N) is 1. The molecule has 2 aliphatic rings. The number of carbonyl (C=O) groups excluding carboxylic acids is 2. The van der Waals surface area contributed by atoms with E-state index in [1.165, 1.54) is 16.9 Å². The Labute approximate surface area is 194 Å². The number of aromatic nitrogens is 4. The molecule has 3 aromatic heterocycles. The summed E-state index contributed by atoms with van der Waals surface area (Å²) < 4.78 is 69.2. The van der Waals surface area contributed by atoms with Gasteiger partial charge in [0.15, 0.2) is 5.65 Å². The van der Waals surface area contributed by atoms with Crippen molar-refractivity contribution < 1.29 is 36.3 Å². The zero-order valence-electron chi connectivity index (χ0n) is 18.0. The van der Waals surface area contributed by atoms with Crippen molar-refractivity contribution in [2.24, 2.45) is 11.3 Å². The molecule has 0 radical (unpaired) electrons. The second kappa shape index (κ2) is 8.20. The number of alkyl halides is 5. The number of nitrogens with zero attached hydrogens (tertiary/aromatic N) is 5. The number of pyridine rings is 1. The first kappa shape index (κ1) is 23.1. The molecule has 35 heavy (non-hydrogen) atoms. The van der Waals surface area contributed by atoms with Crippen molar-refractivity contribution >= 4 is 23.3 Å². The van der Waals surface area contributed by atoms with Crippen molar-refractivity contribution in [2.45, 2.75) is 32.2 Å². The highest BCUT2D eigenvalue weighted by molar-refractivity contribution is 6.00. The average Bonchev–Trinajstić information content (AvgIpc) is 3.29. The third kappa shape index (κ3) is 4.51. The van der Waals surface area contributed by atoms with E-state index in [0.29, 0.717) is 30.5 Å². The van der Waals surface area contributed by atoms with E-state index in [4.69, 9.17) is 0 Å². The highest BCUT2D eigenvalue weighted by Gasteiger charge is 2.54.